The smallest absolute Gasteiger partial charge is 0.261 e. The van der Waals surface area contributed by atoms with Crippen LogP contribution in [0.3, 0.4) is 0 Å². The van der Waals surface area contributed by atoms with E-state index >= 15 is 0 Å². The normalized spacial score (nSPS) is 13.4. The summed E-state index contributed by atoms with van der Waals surface area (Å²) >= 11 is 3.34. The molecule has 1 aromatic carbocycles. The van der Waals surface area contributed by atoms with Crippen molar-refractivity contribution in [3.05, 3.63) is 39.4 Å². The quantitative estimate of drug-likeness (QED) is 0.735. The third kappa shape index (κ3) is 5.52. The third-order valence-corrected chi connectivity index (χ3v) is 4.34. The lowest BCUT2D eigenvalue weighted by atomic mass is 9.91. The SMILES string of the molecule is CC(C)CC(C)(CN)NC(=O)Cn1cnc2ccc(Br)cc2c1=O.Cl. The number of nitrogens with one attached hydrogen (secondary N) is 1. The second kappa shape index (κ2) is 8.78. The van der Waals surface area contributed by atoms with Gasteiger partial charge in [-0.3, -0.25) is 14.2 Å². The van der Waals surface area contributed by atoms with Crippen molar-refractivity contribution in [1.29, 1.82) is 0 Å². The summed E-state index contributed by atoms with van der Waals surface area (Å²) in [7, 11) is 0. The zero-order chi connectivity index (χ0) is 17.9. The number of benzene rings is 1. The largest absolute Gasteiger partial charge is 0.348 e. The molecule has 1 aromatic heterocycles. The predicted octanol–water partition coefficient (Wildman–Crippen LogP) is 2.46. The van der Waals surface area contributed by atoms with Gasteiger partial charge in [-0.05, 0) is 37.5 Å². The summed E-state index contributed by atoms with van der Waals surface area (Å²) in [6.45, 7) is 6.34. The van der Waals surface area contributed by atoms with Gasteiger partial charge < -0.3 is 11.1 Å². The van der Waals surface area contributed by atoms with E-state index in [9.17, 15) is 9.59 Å². The van der Waals surface area contributed by atoms with Crippen molar-refractivity contribution >= 4 is 45.1 Å². The Morgan fingerprint density at radius 1 is 1.44 bits per heavy atom. The topological polar surface area (TPSA) is 90.0 Å². The van der Waals surface area contributed by atoms with Crippen LogP contribution in [0.1, 0.15) is 27.2 Å². The fourth-order valence-corrected chi connectivity index (χ4v) is 3.22. The minimum absolute atomic E-state index is 0. The van der Waals surface area contributed by atoms with Gasteiger partial charge in [0.25, 0.3) is 5.56 Å². The number of hydrogen-bond acceptors (Lipinski definition) is 4. The number of halogens is 2. The van der Waals surface area contributed by atoms with Crippen molar-refractivity contribution < 1.29 is 4.79 Å². The molecule has 0 aliphatic heterocycles. The van der Waals surface area contributed by atoms with E-state index in [-0.39, 0.29) is 30.4 Å². The molecule has 1 atom stereocenters. The van der Waals surface area contributed by atoms with E-state index in [1.54, 1.807) is 12.1 Å². The van der Waals surface area contributed by atoms with Gasteiger partial charge in [0, 0.05) is 16.6 Å². The Hall–Kier alpha value is -1.44. The van der Waals surface area contributed by atoms with Crippen LogP contribution in [-0.2, 0) is 11.3 Å². The minimum Gasteiger partial charge on any atom is -0.348 e. The number of fused-ring (bicyclic) bond motifs is 1. The number of amides is 1. The summed E-state index contributed by atoms with van der Waals surface area (Å²) in [6.07, 6.45) is 2.17. The summed E-state index contributed by atoms with van der Waals surface area (Å²) in [5.74, 6) is 0.156. The number of carbonyl (C=O) groups is 1. The Morgan fingerprint density at radius 2 is 2.12 bits per heavy atom. The molecule has 6 nitrogen and oxygen atoms in total. The summed E-state index contributed by atoms with van der Waals surface area (Å²) in [5, 5.41) is 3.42. The van der Waals surface area contributed by atoms with Gasteiger partial charge >= 0.3 is 0 Å². The molecule has 1 unspecified atom stereocenters. The van der Waals surface area contributed by atoms with E-state index in [4.69, 9.17) is 5.73 Å². The van der Waals surface area contributed by atoms with Gasteiger partial charge in [-0.25, -0.2) is 4.98 Å². The van der Waals surface area contributed by atoms with E-state index in [1.807, 2.05) is 13.0 Å². The molecule has 1 heterocycles. The van der Waals surface area contributed by atoms with Crippen LogP contribution in [0.5, 0.6) is 0 Å². The van der Waals surface area contributed by atoms with Gasteiger partial charge in [0.2, 0.25) is 5.91 Å². The maximum Gasteiger partial charge on any atom is 0.261 e. The Morgan fingerprint density at radius 3 is 2.72 bits per heavy atom. The minimum atomic E-state index is -0.484. The number of hydrogen-bond donors (Lipinski definition) is 2. The highest BCUT2D eigenvalue weighted by atomic mass is 79.9. The zero-order valence-corrected chi connectivity index (χ0v) is 17.0. The Labute approximate surface area is 161 Å². The van der Waals surface area contributed by atoms with Crippen LogP contribution < -0.4 is 16.6 Å². The van der Waals surface area contributed by atoms with Crippen LogP contribution in [0.15, 0.2) is 33.8 Å². The van der Waals surface area contributed by atoms with Crippen LogP contribution in [0.4, 0.5) is 0 Å². The van der Waals surface area contributed by atoms with Crippen LogP contribution in [0.25, 0.3) is 10.9 Å². The first kappa shape index (κ1) is 21.6. The summed E-state index contributed by atoms with van der Waals surface area (Å²) in [6, 6.07) is 5.30. The number of nitrogens with two attached hydrogens (primary N) is 1. The van der Waals surface area contributed by atoms with Crippen LogP contribution >= 0.6 is 28.3 Å². The van der Waals surface area contributed by atoms with Crippen molar-refractivity contribution in [3.63, 3.8) is 0 Å². The molecule has 25 heavy (non-hydrogen) atoms. The van der Waals surface area contributed by atoms with Gasteiger partial charge in [0.1, 0.15) is 6.54 Å². The van der Waals surface area contributed by atoms with E-state index in [1.165, 1.54) is 10.9 Å². The second-order valence-corrected chi connectivity index (χ2v) is 7.67. The molecular weight excluding hydrogens is 408 g/mol. The highest BCUT2D eigenvalue weighted by Gasteiger charge is 2.26. The molecule has 8 heteroatoms. The lowest BCUT2D eigenvalue weighted by Gasteiger charge is -2.31. The van der Waals surface area contributed by atoms with E-state index in [0.29, 0.717) is 23.4 Å². The first-order valence-electron chi connectivity index (χ1n) is 7.90. The van der Waals surface area contributed by atoms with Gasteiger partial charge in [0.15, 0.2) is 0 Å². The Balaban J connectivity index is 0.00000312. The molecule has 0 aliphatic carbocycles. The van der Waals surface area contributed by atoms with E-state index in [2.05, 4.69) is 40.1 Å². The fraction of sp³-hybridized carbons (Fsp3) is 0.471. The van der Waals surface area contributed by atoms with Gasteiger partial charge in [-0.15, -0.1) is 12.4 Å². The highest BCUT2D eigenvalue weighted by Crippen LogP contribution is 2.16. The summed E-state index contributed by atoms with van der Waals surface area (Å²) in [5.41, 5.74) is 5.70. The average molecular weight is 432 g/mol. The van der Waals surface area contributed by atoms with Crippen LogP contribution in [0.2, 0.25) is 0 Å². The maximum atomic E-state index is 12.5. The Kier molecular flexibility index (Phi) is 7.59. The van der Waals surface area contributed by atoms with E-state index < -0.39 is 5.54 Å². The molecular formula is C17H24BrClN4O2. The van der Waals surface area contributed by atoms with E-state index in [0.717, 1.165) is 10.9 Å². The van der Waals surface area contributed by atoms with Crippen molar-refractivity contribution in [2.75, 3.05) is 6.54 Å². The predicted molar refractivity (Wildman–Crippen MR) is 106 cm³/mol. The molecule has 0 saturated heterocycles. The third-order valence-electron chi connectivity index (χ3n) is 3.85. The molecule has 1 amide bonds. The molecule has 0 aliphatic rings. The molecule has 0 spiro atoms. The molecule has 0 saturated carbocycles. The van der Waals surface area contributed by atoms with Crippen LogP contribution in [-0.4, -0.2) is 27.5 Å². The number of carbonyl (C=O) groups excluding carboxylic acids is 1. The second-order valence-electron chi connectivity index (χ2n) is 6.75. The van der Waals surface area contributed by atoms with Gasteiger partial charge in [-0.2, -0.15) is 0 Å². The van der Waals surface area contributed by atoms with Gasteiger partial charge in [0.05, 0.1) is 17.2 Å². The number of aromatic nitrogens is 2. The first-order chi connectivity index (χ1) is 11.2. The standard InChI is InChI=1S/C17H23BrN4O2.ClH/c1-11(2)7-17(3,9-19)21-15(23)8-22-10-20-14-5-4-12(18)6-13(14)16(22)24;/h4-6,10-11H,7-9,19H2,1-3H3,(H,21,23);1H. The summed E-state index contributed by atoms with van der Waals surface area (Å²) < 4.78 is 2.11. The molecule has 0 radical (unpaired) electrons. The molecule has 0 bridgehead atoms. The lowest BCUT2D eigenvalue weighted by Crippen LogP contribution is -2.53. The highest BCUT2D eigenvalue weighted by molar-refractivity contribution is 9.10. The van der Waals surface area contributed by atoms with Crippen molar-refractivity contribution in [1.82, 2.24) is 14.9 Å². The fourth-order valence-electron chi connectivity index (χ4n) is 2.86. The lowest BCUT2D eigenvalue weighted by molar-refractivity contribution is -0.123. The number of nitrogens with zero attached hydrogens (tertiary/aromatic N) is 2. The number of rotatable bonds is 6. The molecule has 3 N–H and O–H groups in total. The Bertz CT molecular complexity index is 809. The molecule has 138 valence electrons. The van der Waals surface area contributed by atoms with Crippen molar-refractivity contribution in [2.45, 2.75) is 39.3 Å². The molecule has 2 rings (SSSR count). The molecule has 2 aromatic rings. The average Bonchev–Trinajstić information content (AvgIpc) is 2.49. The zero-order valence-electron chi connectivity index (χ0n) is 14.6. The summed E-state index contributed by atoms with van der Waals surface area (Å²) in [4.78, 5) is 29.1. The van der Waals surface area contributed by atoms with Crippen LogP contribution in [0, 0.1) is 5.92 Å². The molecule has 0 fully saturated rings. The first-order valence-corrected chi connectivity index (χ1v) is 8.69. The maximum absolute atomic E-state index is 12.5. The van der Waals surface area contributed by atoms with Gasteiger partial charge in [-0.1, -0.05) is 29.8 Å². The monoisotopic (exact) mass is 430 g/mol. The van der Waals surface area contributed by atoms with Crippen molar-refractivity contribution in [3.8, 4) is 0 Å². The van der Waals surface area contributed by atoms with Crippen molar-refractivity contribution in [2.24, 2.45) is 11.7 Å².